The molecule has 1 N–H and O–H groups in total. The zero-order valence-corrected chi connectivity index (χ0v) is 11.3. The lowest BCUT2D eigenvalue weighted by Crippen LogP contribution is -2.14. The topological polar surface area (TPSA) is 47.3 Å². The highest BCUT2D eigenvalue weighted by Gasteiger charge is 2.15. The molecular formula is C16H15FN2O. The van der Waals surface area contributed by atoms with Crippen LogP contribution in [0.2, 0.25) is 0 Å². The van der Waals surface area contributed by atoms with Gasteiger partial charge in [0.2, 0.25) is 0 Å². The van der Waals surface area contributed by atoms with E-state index in [4.69, 9.17) is 5.26 Å². The number of nitriles is 1. The predicted molar refractivity (Wildman–Crippen MR) is 76.3 cm³/mol. The normalized spacial score (nSPS) is 11.8. The molecule has 2 aromatic rings. The third-order valence-electron chi connectivity index (χ3n) is 3.19. The lowest BCUT2D eigenvalue weighted by molar-refractivity contribution is 0.199. The van der Waals surface area contributed by atoms with Crippen LogP contribution in [0.15, 0.2) is 42.5 Å². The molecule has 1 atom stereocenters. The van der Waals surface area contributed by atoms with Crippen molar-refractivity contribution in [2.75, 3.05) is 11.9 Å². The number of anilines is 2. The van der Waals surface area contributed by atoms with Gasteiger partial charge >= 0.3 is 0 Å². The van der Waals surface area contributed by atoms with Crippen molar-refractivity contribution in [3.63, 3.8) is 0 Å². The van der Waals surface area contributed by atoms with E-state index in [1.807, 2.05) is 12.1 Å². The summed E-state index contributed by atoms with van der Waals surface area (Å²) >= 11 is 0. The second-order valence-electron chi connectivity index (χ2n) is 4.57. The molecule has 2 aromatic carbocycles. The first-order chi connectivity index (χ1) is 9.54. The van der Waals surface area contributed by atoms with Gasteiger partial charge in [-0.1, -0.05) is 12.1 Å². The highest BCUT2D eigenvalue weighted by atomic mass is 19.1. The van der Waals surface area contributed by atoms with Crippen LogP contribution < -0.4 is 4.90 Å². The van der Waals surface area contributed by atoms with E-state index in [-0.39, 0.29) is 0 Å². The summed E-state index contributed by atoms with van der Waals surface area (Å²) in [5, 5.41) is 18.9. The van der Waals surface area contributed by atoms with Crippen molar-refractivity contribution in [2.24, 2.45) is 0 Å². The first-order valence-electron chi connectivity index (χ1n) is 6.25. The van der Waals surface area contributed by atoms with Gasteiger partial charge in [0, 0.05) is 18.3 Å². The van der Waals surface area contributed by atoms with Crippen LogP contribution in [0, 0.1) is 17.1 Å². The van der Waals surface area contributed by atoms with E-state index < -0.39 is 11.9 Å². The average molecular weight is 270 g/mol. The minimum Gasteiger partial charge on any atom is -0.389 e. The minimum atomic E-state index is -0.794. The molecule has 4 heteroatoms. The number of hydrogen-bond donors (Lipinski definition) is 1. The summed E-state index contributed by atoms with van der Waals surface area (Å²) in [7, 11) is 1.79. The number of rotatable bonds is 3. The SMILES string of the molecule is C[C@H](O)c1cc(F)ccc1N(C)c1ccccc1C#N. The predicted octanol–water partition coefficient (Wildman–Crippen LogP) is 3.52. The molecule has 0 radical (unpaired) electrons. The van der Waals surface area contributed by atoms with Crippen molar-refractivity contribution >= 4 is 11.4 Å². The highest BCUT2D eigenvalue weighted by Crippen LogP contribution is 2.32. The fourth-order valence-corrected chi connectivity index (χ4v) is 2.16. The molecule has 0 aliphatic carbocycles. The Hall–Kier alpha value is -2.38. The molecule has 0 amide bonds. The molecular weight excluding hydrogens is 255 g/mol. The monoisotopic (exact) mass is 270 g/mol. The van der Waals surface area contributed by atoms with Crippen molar-refractivity contribution in [3.05, 3.63) is 59.4 Å². The van der Waals surface area contributed by atoms with Crippen LogP contribution in [0.1, 0.15) is 24.2 Å². The fraction of sp³-hybridized carbons (Fsp3) is 0.188. The van der Waals surface area contributed by atoms with E-state index in [1.165, 1.54) is 12.1 Å². The fourth-order valence-electron chi connectivity index (χ4n) is 2.16. The van der Waals surface area contributed by atoms with Gasteiger partial charge < -0.3 is 10.0 Å². The molecule has 0 aliphatic heterocycles. The van der Waals surface area contributed by atoms with Crippen molar-refractivity contribution < 1.29 is 9.50 Å². The van der Waals surface area contributed by atoms with Crippen LogP contribution in [0.4, 0.5) is 15.8 Å². The second kappa shape index (κ2) is 5.72. The lowest BCUT2D eigenvalue weighted by atomic mass is 10.1. The molecule has 0 heterocycles. The Balaban J connectivity index is 2.54. The smallest absolute Gasteiger partial charge is 0.123 e. The third kappa shape index (κ3) is 2.63. The maximum Gasteiger partial charge on any atom is 0.123 e. The molecule has 0 unspecified atom stereocenters. The molecule has 0 saturated heterocycles. The van der Waals surface area contributed by atoms with Gasteiger partial charge in [0.05, 0.1) is 17.4 Å². The zero-order valence-electron chi connectivity index (χ0n) is 11.3. The largest absolute Gasteiger partial charge is 0.389 e. The molecule has 0 aromatic heterocycles. The van der Waals surface area contributed by atoms with E-state index in [1.54, 1.807) is 37.1 Å². The lowest BCUT2D eigenvalue weighted by Gasteiger charge is -2.24. The van der Waals surface area contributed by atoms with Gasteiger partial charge in [0.1, 0.15) is 11.9 Å². The average Bonchev–Trinajstić information content (AvgIpc) is 2.46. The van der Waals surface area contributed by atoms with Gasteiger partial charge in [-0.3, -0.25) is 0 Å². The Morgan fingerprint density at radius 3 is 2.55 bits per heavy atom. The van der Waals surface area contributed by atoms with Crippen LogP contribution in [-0.2, 0) is 0 Å². The molecule has 20 heavy (non-hydrogen) atoms. The van der Waals surface area contributed by atoms with Crippen LogP contribution in [-0.4, -0.2) is 12.2 Å². The van der Waals surface area contributed by atoms with Crippen LogP contribution in [0.25, 0.3) is 0 Å². The molecule has 102 valence electrons. The Morgan fingerprint density at radius 1 is 1.20 bits per heavy atom. The Kier molecular flexibility index (Phi) is 4.02. The van der Waals surface area contributed by atoms with Crippen molar-refractivity contribution in [2.45, 2.75) is 13.0 Å². The van der Waals surface area contributed by atoms with E-state index in [0.29, 0.717) is 22.5 Å². The van der Waals surface area contributed by atoms with Gasteiger partial charge in [0.15, 0.2) is 0 Å². The van der Waals surface area contributed by atoms with E-state index in [9.17, 15) is 9.50 Å². The molecule has 0 saturated carbocycles. The number of hydrogen-bond acceptors (Lipinski definition) is 3. The number of nitrogens with zero attached hydrogens (tertiary/aromatic N) is 2. The molecule has 3 nitrogen and oxygen atoms in total. The van der Waals surface area contributed by atoms with Gasteiger partial charge in [-0.25, -0.2) is 4.39 Å². The maximum atomic E-state index is 13.3. The standard InChI is InChI=1S/C16H15FN2O/c1-11(20)14-9-13(17)7-8-16(14)19(2)15-6-4-3-5-12(15)10-18/h3-9,11,20H,1-2H3/t11-/m0/s1. The number of para-hydroxylation sites is 1. The Labute approximate surface area is 117 Å². The van der Waals surface area contributed by atoms with E-state index in [2.05, 4.69) is 6.07 Å². The molecule has 2 rings (SSSR count). The summed E-state index contributed by atoms with van der Waals surface area (Å²) in [6.07, 6.45) is -0.794. The summed E-state index contributed by atoms with van der Waals surface area (Å²) in [4.78, 5) is 1.78. The molecule has 0 bridgehead atoms. The van der Waals surface area contributed by atoms with E-state index >= 15 is 0 Å². The molecule has 0 aliphatic rings. The Bertz CT molecular complexity index is 662. The van der Waals surface area contributed by atoms with Gasteiger partial charge in [-0.05, 0) is 37.3 Å². The van der Waals surface area contributed by atoms with Crippen molar-refractivity contribution in [1.29, 1.82) is 5.26 Å². The first-order valence-corrected chi connectivity index (χ1v) is 6.25. The number of benzene rings is 2. The number of aliphatic hydroxyl groups excluding tert-OH is 1. The summed E-state index contributed by atoms with van der Waals surface area (Å²) < 4.78 is 13.3. The van der Waals surface area contributed by atoms with E-state index in [0.717, 1.165) is 0 Å². The summed E-state index contributed by atoms with van der Waals surface area (Å²) in [5.41, 5.74) is 2.39. The van der Waals surface area contributed by atoms with Crippen LogP contribution in [0.3, 0.4) is 0 Å². The quantitative estimate of drug-likeness (QED) is 0.928. The van der Waals surface area contributed by atoms with Gasteiger partial charge in [-0.15, -0.1) is 0 Å². The summed E-state index contributed by atoms with van der Waals surface area (Å²) in [5.74, 6) is -0.397. The summed E-state index contributed by atoms with van der Waals surface area (Å²) in [6, 6.07) is 13.5. The Morgan fingerprint density at radius 2 is 1.90 bits per heavy atom. The van der Waals surface area contributed by atoms with Gasteiger partial charge in [0.25, 0.3) is 0 Å². The van der Waals surface area contributed by atoms with Crippen LogP contribution in [0.5, 0.6) is 0 Å². The highest BCUT2D eigenvalue weighted by molar-refractivity contribution is 5.71. The maximum absolute atomic E-state index is 13.3. The number of halogens is 1. The second-order valence-corrected chi connectivity index (χ2v) is 4.57. The van der Waals surface area contributed by atoms with Gasteiger partial charge in [-0.2, -0.15) is 5.26 Å². The molecule has 0 fully saturated rings. The number of aliphatic hydroxyl groups is 1. The molecule has 0 spiro atoms. The van der Waals surface area contributed by atoms with Crippen LogP contribution >= 0.6 is 0 Å². The van der Waals surface area contributed by atoms with Crippen molar-refractivity contribution in [1.82, 2.24) is 0 Å². The third-order valence-corrected chi connectivity index (χ3v) is 3.19. The zero-order chi connectivity index (χ0) is 14.7. The summed E-state index contributed by atoms with van der Waals surface area (Å²) in [6.45, 7) is 1.59. The van der Waals surface area contributed by atoms with Crippen molar-refractivity contribution in [3.8, 4) is 6.07 Å². The minimum absolute atomic E-state index is 0.397. The first kappa shape index (κ1) is 14.0.